The van der Waals surface area contributed by atoms with Gasteiger partial charge in [0, 0.05) is 18.0 Å². The van der Waals surface area contributed by atoms with E-state index in [1.807, 2.05) is 27.7 Å². The van der Waals surface area contributed by atoms with Crippen LogP contribution in [0, 0.1) is 17.0 Å². The number of pyridine rings is 1. The second-order valence-electron chi connectivity index (χ2n) is 6.14. The molecular formula is C14H19BN2O4. The van der Waals surface area contributed by atoms with Gasteiger partial charge in [-0.3, -0.25) is 15.1 Å². The van der Waals surface area contributed by atoms with Crippen LogP contribution < -0.4 is 0 Å². The predicted octanol–water partition coefficient (Wildman–Crippen LogP) is 2.94. The van der Waals surface area contributed by atoms with Crippen LogP contribution in [-0.4, -0.2) is 28.2 Å². The van der Waals surface area contributed by atoms with Crippen molar-refractivity contribution < 1.29 is 14.2 Å². The molecule has 1 fully saturated rings. The largest absolute Gasteiger partial charge is 0.487 e. The Morgan fingerprint density at radius 1 is 1.24 bits per heavy atom. The SMILES string of the molecule is Cc1cncc(/C=C/B2OC(C)(C)C(C)(C)O2)c1[N+](=O)[O-]. The lowest BCUT2D eigenvalue weighted by Gasteiger charge is -2.32. The van der Waals surface area contributed by atoms with E-state index in [0.717, 1.165) is 0 Å². The summed E-state index contributed by atoms with van der Waals surface area (Å²) in [6, 6.07) is 0. The van der Waals surface area contributed by atoms with Gasteiger partial charge in [-0.2, -0.15) is 0 Å². The summed E-state index contributed by atoms with van der Waals surface area (Å²) < 4.78 is 11.6. The summed E-state index contributed by atoms with van der Waals surface area (Å²) >= 11 is 0. The summed E-state index contributed by atoms with van der Waals surface area (Å²) in [5.41, 5.74) is 0.154. The van der Waals surface area contributed by atoms with Crippen molar-refractivity contribution in [3.8, 4) is 0 Å². The molecule has 0 amide bonds. The van der Waals surface area contributed by atoms with Crippen LogP contribution in [0.4, 0.5) is 5.69 Å². The van der Waals surface area contributed by atoms with E-state index in [1.54, 1.807) is 19.0 Å². The molecule has 2 rings (SSSR count). The Kier molecular flexibility index (Phi) is 3.90. The molecule has 1 aliphatic rings. The van der Waals surface area contributed by atoms with Crippen LogP contribution in [-0.2, 0) is 9.31 Å². The Labute approximate surface area is 124 Å². The summed E-state index contributed by atoms with van der Waals surface area (Å²) in [5.74, 6) is 1.68. The molecule has 7 heteroatoms. The maximum atomic E-state index is 11.1. The first kappa shape index (κ1) is 15.7. The minimum Gasteiger partial charge on any atom is -0.400 e. The monoisotopic (exact) mass is 290 g/mol. The molecule has 6 nitrogen and oxygen atoms in total. The number of nitrogens with zero attached hydrogens (tertiary/aromatic N) is 2. The van der Waals surface area contributed by atoms with Gasteiger partial charge >= 0.3 is 7.12 Å². The Balaban J connectivity index is 2.24. The first-order valence-corrected chi connectivity index (χ1v) is 6.77. The van der Waals surface area contributed by atoms with Gasteiger partial charge in [0.1, 0.15) is 0 Å². The van der Waals surface area contributed by atoms with Crippen molar-refractivity contribution in [2.45, 2.75) is 45.8 Å². The summed E-state index contributed by atoms with van der Waals surface area (Å²) in [4.78, 5) is 14.7. The molecule has 0 bridgehead atoms. The van der Waals surface area contributed by atoms with E-state index in [4.69, 9.17) is 9.31 Å². The zero-order valence-corrected chi connectivity index (χ0v) is 12.9. The fourth-order valence-corrected chi connectivity index (χ4v) is 2.10. The van der Waals surface area contributed by atoms with Crippen LogP contribution in [0.3, 0.4) is 0 Å². The Morgan fingerprint density at radius 3 is 2.33 bits per heavy atom. The second-order valence-corrected chi connectivity index (χ2v) is 6.14. The standard InChI is InChI=1S/C14H19BN2O4/c1-10-8-16-9-11(12(10)17(18)19)6-7-15-20-13(2,3)14(4,5)21-15/h6-9H,1-5H3/b7-6+. The smallest absolute Gasteiger partial charge is 0.400 e. The van der Waals surface area contributed by atoms with Crippen molar-refractivity contribution in [3.63, 3.8) is 0 Å². The molecule has 0 aromatic carbocycles. The molecule has 112 valence electrons. The molecule has 1 saturated heterocycles. The minimum atomic E-state index is -0.532. The number of hydrogen-bond donors (Lipinski definition) is 0. The lowest BCUT2D eigenvalue weighted by molar-refractivity contribution is -0.385. The van der Waals surface area contributed by atoms with Crippen molar-refractivity contribution in [1.29, 1.82) is 0 Å². The van der Waals surface area contributed by atoms with Crippen molar-refractivity contribution in [1.82, 2.24) is 4.98 Å². The molecule has 0 unspecified atom stereocenters. The Morgan fingerprint density at radius 2 is 1.81 bits per heavy atom. The third-order valence-electron chi connectivity index (χ3n) is 4.02. The van der Waals surface area contributed by atoms with E-state index in [2.05, 4.69) is 4.98 Å². The number of rotatable bonds is 3. The molecule has 0 atom stereocenters. The quantitative estimate of drug-likeness (QED) is 0.486. The third kappa shape index (κ3) is 2.98. The number of aromatic nitrogens is 1. The van der Waals surface area contributed by atoms with Gasteiger partial charge in [0.2, 0.25) is 0 Å². The van der Waals surface area contributed by atoms with Gasteiger partial charge in [-0.25, -0.2) is 0 Å². The maximum Gasteiger partial charge on any atom is 0.487 e. The average Bonchev–Trinajstić information content (AvgIpc) is 2.54. The summed E-state index contributed by atoms with van der Waals surface area (Å²) in [7, 11) is -0.532. The third-order valence-corrected chi connectivity index (χ3v) is 4.02. The molecule has 1 aromatic rings. The van der Waals surface area contributed by atoms with E-state index in [0.29, 0.717) is 11.1 Å². The van der Waals surface area contributed by atoms with Crippen LogP contribution in [0.5, 0.6) is 0 Å². The summed E-state index contributed by atoms with van der Waals surface area (Å²) in [6.45, 7) is 9.49. The van der Waals surface area contributed by atoms with Gasteiger partial charge in [0.05, 0.1) is 21.7 Å². The highest BCUT2D eigenvalue weighted by atomic mass is 16.7. The van der Waals surface area contributed by atoms with Crippen LogP contribution >= 0.6 is 0 Å². The highest BCUT2D eigenvalue weighted by molar-refractivity contribution is 6.52. The van der Waals surface area contributed by atoms with Crippen molar-refractivity contribution in [3.05, 3.63) is 39.6 Å². The molecular weight excluding hydrogens is 271 g/mol. The molecule has 21 heavy (non-hydrogen) atoms. The minimum absolute atomic E-state index is 0.0535. The van der Waals surface area contributed by atoms with Gasteiger partial charge in [-0.05, 0) is 34.6 Å². The summed E-state index contributed by atoms with van der Waals surface area (Å²) in [5, 5.41) is 11.1. The van der Waals surface area contributed by atoms with E-state index in [-0.39, 0.29) is 5.69 Å². The van der Waals surface area contributed by atoms with Crippen molar-refractivity contribution >= 4 is 18.9 Å². The lowest BCUT2D eigenvalue weighted by Crippen LogP contribution is -2.41. The van der Waals surface area contributed by atoms with E-state index in [1.165, 1.54) is 12.4 Å². The van der Waals surface area contributed by atoms with E-state index in [9.17, 15) is 10.1 Å². The van der Waals surface area contributed by atoms with Crippen LogP contribution in [0.1, 0.15) is 38.8 Å². The van der Waals surface area contributed by atoms with Crippen LogP contribution in [0.15, 0.2) is 18.4 Å². The molecule has 0 radical (unpaired) electrons. The molecule has 0 aliphatic carbocycles. The Bertz CT molecular complexity index is 583. The summed E-state index contributed by atoms with van der Waals surface area (Å²) in [6.07, 6.45) is 4.57. The topological polar surface area (TPSA) is 74.5 Å². The van der Waals surface area contributed by atoms with Gasteiger partial charge in [0.25, 0.3) is 5.69 Å². The van der Waals surface area contributed by atoms with Crippen molar-refractivity contribution in [2.24, 2.45) is 0 Å². The maximum absolute atomic E-state index is 11.1. The average molecular weight is 290 g/mol. The van der Waals surface area contributed by atoms with Crippen LogP contribution in [0.25, 0.3) is 6.08 Å². The molecule has 0 spiro atoms. The molecule has 2 heterocycles. The first-order valence-electron chi connectivity index (χ1n) is 6.77. The number of nitro groups is 1. The zero-order valence-electron chi connectivity index (χ0n) is 12.9. The first-order chi connectivity index (χ1) is 9.64. The van der Waals surface area contributed by atoms with Gasteiger partial charge in [-0.15, -0.1) is 0 Å². The highest BCUT2D eigenvalue weighted by Crippen LogP contribution is 2.37. The number of hydrogen-bond acceptors (Lipinski definition) is 5. The lowest BCUT2D eigenvalue weighted by atomic mass is 9.89. The fourth-order valence-electron chi connectivity index (χ4n) is 2.10. The van der Waals surface area contributed by atoms with Crippen LogP contribution in [0.2, 0.25) is 0 Å². The van der Waals surface area contributed by atoms with Gasteiger partial charge in [-0.1, -0.05) is 12.1 Å². The highest BCUT2D eigenvalue weighted by Gasteiger charge is 2.50. The van der Waals surface area contributed by atoms with Gasteiger partial charge < -0.3 is 9.31 Å². The second kappa shape index (κ2) is 5.24. The fraction of sp³-hybridized carbons (Fsp3) is 0.500. The van der Waals surface area contributed by atoms with Gasteiger partial charge in [0.15, 0.2) is 0 Å². The van der Waals surface area contributed by atoms with Crippen molar-refractivity contribution in [2.75, 3.05) is 0 Å². The predicted molar refractivity (Wildman–Crippen MR) is 80.7 cm³/mol. The zero-order chi connectivity index (χ0) is 15.8. The molecule has 0 N–H and O–H groups in total. The molecule has 1 aromatic heterocycles. The molecule has 0 saturated carbocycles. The number of aryl methyl sites for hydroxylation is 1. The normalized spacial score (nSPS) is 20.1. The van der Waals surface area contributed by atoms with E-state index < -0.39 is 23.2 Å². The van der Waals surface area contributed by atoms with E-state index >= 15 is 0 Å². The Hall–Kier alpha value is -1.73. The molecule has 1 aliphatic heterocycles.